The lowest BCUT2D eigenvalue weighted by atomic mass is 10.1. The van der Waals surface area contributed by atoms with Crippen molar-refractivity contribution in [2.75, 3.05) is 26.2 Å². The third-order valence-electron chi connectivity index (χ3n) is 6.42. The summed E-state index contributed by atoms with van der Waals surface area (Å²) in [6, 6.07) is 0. The summed E-state index contributed by atoms with van der Waals surface area (Å²) in [5, 5.41) is 11.6. The number of quaternary nitrogens is 1. The molecule has 0 unspecified atom stereocenters. The van der Waals surface area contributed by atoms with E-state index in [2.05, 4.69) is 20.8 Å². The predicted molar refractivity (Wildman–Crippen MR) is 125 cm³/mol. The minimum atomic E-state index is -0.854. The van der Waals surface area contributed by atoms with Gasteiger partial charge in [-0.15, -0.1) is 0 Å². The van der Waals surface area contributed by atoms with Gasteiger partial charge in [-0.3, -0.25) is 0 Å². The molecule has 0 aliphatic carbocycles. The molecular formula is C26H53NO2. The van der Waals surface area contributed by atoms with Gasteiger partial charge in [0.1, 0.15) is 6.54 Å². The van der Waals surface area contributed by atoms with Crippen molar-refractivity contribution >= 4 is 5.97 Å². The highest BCUT2D eigenvalue weighted by Crippen LogP contribution is 2.18. The first-order valence-electron chi connectivity index (χ1n) is 13.1. The van der Waals surface area contributed by atoms with Gasteiger partial charge < -0.3 is 14.4 Å². The molecule has 0 radical (unpaired) electrons. The normalized spacial score (nSPS) is 11.8. The molecule has 0 aromatic rings. The zero-order valence-corrected chi connectivity index (χ0v) is 20.3. The smallest absolute Gasteiger partial charge is 0.119 e. The quantitative estimate of drug-likeness (QED) is 0.140. The van der Waals surface area contributed by atoms with Gasteiger partial charge in [0.15, 0.2) is 0 Å². The number of unbranched alkanes of at least 4 members (excludes halogenated alkanes) is 15. The summed E-state index contributed by atoms with van der Waals surface area (Å²) < 4.78 is 0.775. The molecule has 174 valence electrons. The Bertz CT molecular complexity index is 316. The molecule has 0 amide bonds. The maximum Gasteiger partial charge on any atom is 0.119 e. The fourth-order valence-electron chi connectivity index (χ4n) is 4.53. The lowest BCUT2D eigenvalue weighted by Crippen LogP contribution is -2.55. The second-order valence-corrected chi connectivity index (χ2v) is 9.35. The first-order chi connectivity index (χ1) is 14.1. The molecular weight excluding hydrogens is 358 g/mol. The van der Waals surface area contributed by atoms with E-state index in [9.17, 15) is 9.90 Å². The lowest BCUT2D eigenvalue weighted by Gasteiger charge is -2.39. The largest absolute Gasteiger partial charge is 0.544 e. The van der Waals surface area contributed by atoms with E-state index in [4.69, 9.17) is 0 Å². The van der Waals surface area contributed by atoms with E-state index >= 15 is 0 Å². The van der Waals surface area contributed by atoms with Crippen LogP contribution < -0.4 is 5.11 Å². The first-order valence-corrected chi connectivity index (χ1v) is 13.1. The highest BCUT2D eigenvalue weighted by molar-refractivity contribution is 5.65. The summed E-state index contributed by atoms with van der Waals surface area (Å²) in [6.45, 7) is 10.1. The number of nitrogens with zero attached hydrogens (tertiary/aromatic N) is 1. The molecule has 0 N–H and O–H groups in total. The molecule has 0 heterocycles. The minimum Gasteiger partial charge on any atom is -0.544 e. The van der Waals surface area contributed by atoms with E-state index in [1.54, 1.807) is 0 Å². The van der Waals surface area contributed by atoms with E-state index in [1.165, 1.54) is 116 Å². The van der Waals surface area contributed by atoms with Crippen LogP contribution in [0.3, 0.4) is 0 Å². The van der Waals surface area contributed by atoms with E-state index in [0.717, 1.165) is 24.1 Å². The summed E-state index contributed by atoms with van der Waals surface area (Å²) in [4.78, 5) is 11.6. The second kappa shape index (κ2) is 20.7. The van der Waals surface area contributed by atoms with Crippen LogP contribution in [0.15, 0.2) is 0 Å². The van der Waals surface area contributed by atoms with Crippen LogP contribution in [0.5, 0.6) is 0 Å². The third kappa shape index (κ3) is 18.0. The maximum atomic E-state index is 11.6. The van der Waals surface area contributed by atoms with Gasteiger partial charge in [-0.05, 0) is 38.5 Å². The van der Waals surface area contributed by atoms with E-state index < -0.39 is 5.97 Å². The highest BCUT2D eigenvalue weighted by Gasteiger charge is 2.26. The molecule has 0 spiro atoms. The van der Waals surface area contributed by atoms with E-state index in [-0.39, 0.29) is 6.54 Å². The fraction of sp³-hybridized carbons (Fsp3) is 0.962. The Morgan fingerprint density at radius 3 is 1.07 bits per heavy atom. The molecule has 0 fully saturated rings. The minimum absolute atomic E-state index is 0.221. The summed E-state index contributed by atoms with van der Waals surface area (Å²) in [6.07, 6.45) is 22.9. The topological polar surface area (TPSA) is 40.1 Å². The van der Waals surface area contributed by atoms with Crippen molar-refractivity contribution < 1.29 is 14.4 Å². The summed E-state index contributed by atoms with van der Waals surface area (Å²) >= 11 is 0. The Hall–Kier alpha value is -0.570. The molecule has 0 saturated heterocycles. The van der Waals surface area contributed by atoms with Gasteiger partial charge >= 0.3 is 0 Å². The first kappa shape index (κ1) is 28.4. The van der Waals surface area contributed by atoms with Gasteiger partial charge in [0.05, 0.1) is 25.6 Å². The molecule has 0 aliphatic rings. The van der Waals surface area contributed by atoms with Crippen LogP contribution in [0.25, 0.3) is 0 Å². The van der Waals surface area contributed by atoms with Crippen molar-refractivity contribution in [1.82, 2.24) is 0 Å². The van der Waals surface area contributed by atoms with Crippen molar-refractivity contribution in [2.24, 2.45) is 0 Å². The number of carboxylic acids is 1. The zero-order chi connectivity index (χ0) is 21.6. The molecule has 0 aliphatic heterocycles. The molecule has 3 heteroatoms. The van der Waals surface area contributed by atoms with Crippen molar-refractivity contribution in [2.45, 2.75) is 136 Å². The van der Waals surface area contributed by atoms with Gasteiger partial charge in [-0.2, -0.15) is 0 Å². The Labute approximate surface area is 183 Å². The Morgan fingerprint density at radius 1 is 0.517 bits per heavy atom. The molecule has 0 bridgehead atoms. The zero-order valence-electron chi connectivity index (χ0n) is 20.3. The van der Waals surface area contributed by atoms with Crippen LogP contribution in [0.1, 0.15) is 136 Å². The lowest BCUT2D eigenvalue weighted by molar-refractivity contribution is -0.923. The van der Waals surface area contributed by atoms with Gasteiger partial charge in [-0.1, -0.05) is 97.8 Å². The van der Waals surface area contributed by atoms with Gasteiger partial charge in [0, 0.05) is 0 Å². The number of carboxylic acid groups (broad SMARTS) is 1. The van der Waals surface area contributed by atoms with Gasteiger partial charge in [0.2, 0.25) is 0 Å². The number of hydrogen-bond acceptors (Lipinski definition) is 2. The van der Waals surface area contributed by atoms with E-state index in [0.29, 0.717) is 0 Å². The van der Waals surface area contributed by atoms with Crippen LogP contribution in [-0.4, -0.2) is 36.6 Å². The maximum absolute atomic E-state index is 11.6. The fourth-order valence-corrected chi connectivity index (χ4v) is 4.53. The van der Waals surface area contributed by atoms with Gasteiger partial charge in [0.25, 0.3) is 0 Å². The molecule has 0 rings (SSSR count). The molecule has 0 atom stereocenters. The number of carbonyl (C=O) groups excluding carboxylic acids is 1. The second-order valence-electron chi connectivity index (χ2n) is 9.35. The van der Waals surface area contributed by atoms with Crippen LogP contribution in [-0.2, 0) is 4.79 Å². The Balaban J connectivity index is 4.59. The molecule has 0 saturated carbocycles. The summed E-state index contributed by atoms with van der Waals surface area (Å²) in [5.41, 5.74) is 0. The molecule has 0 aromatic heterocycles. The van der Waals surface area contributed by atoms with Crippen LogP contribution >= 0.6 is 0 Å². The SMILES string of the molecule is CCCCCCCC[N+](CCCCCCCC)(CCCCCCCC)CC(=O)[O-]. The molecule has 29 heavy (non-hydrogen) atoms. The average Bonchev–Trinajstić information content (AvgIpc) is 2.69. The van der Waals surface area contributed by atoms with Crippen molar-refractivity contribution in [3.8, 4) is 0 Å². The molecule has 3 nitrogen and oxygen atoms in total. The van der Waals surface area contributed by atoms with Crippen molar-refractivity contribution in [3.05, 3.63) is 0 Å². The Morgan fingerprint density at radius 2 is 0.793 bits per heavy atom. The predicted octanol–water partition coefficient (Wildman–Crippen LogP) is 6.63. The van der Waals surface area contributed by atoms with Crippen LogP contribution in [0, 0.1) is 0 Å². The molecule has 0 aromatic carbocycles. The number of carbonyl (C=O) groups is 1. The monoisotopic (exact) mass is 411 g/mol. The number of rotatable bonds is 23. The van der Waals surface area contributed by atoms with Crippen molar-refractivity contribution in [1.29, 1.82) is 0 Å². The standard InChI is InChI=1S/C26H53NO2/c1-4-7-10-13-16-19-22-27(25-26(28)29,23-20-17-14-11-8-5-2)24-21-18-15-12-9-6-3/h4-25H2,1-3H3. The van der Waals surface area contributed by atoms with Crippen LogP contribution in [0.2, 0.25) is 0 Å². The van der Waals surface area contributed by atoms with Gasteiger partial charge in [-0.25, -0.2) is 0 Å². The summed E-state index contributed by atoms with van der Waals surface area (Å²) in [5.74, 6) is -0.854. The third-order valence-corrected chi connectivity index (χ3v) is 6.42. The van der Waals surface area contributed by atoms with Crippen LogP contribution in [0.4, 0.5) is 0 Å². The number of aliphatic carboxylic acids is 1. The highest BCUT2D eigenvalue weighted by atomic mass is 16.4. The summed E-state index contributed by atoms with van der Waals surface area (Å²) in [7, 11) is 0. The number of hydrogen-bond donors (Lipinski definition) is 0. The Kier molecular flexibility index (Phi) is 20.3. The van der Waals surface area contributed by atoms with Crippen molar-refractivity contribution in [3.63, 3.8) is 0 Å². The van der Waals surface area contributed by atoms with E-state index in [1.807, 2.05) is 0 Å². The average molecular weight is 412 g/mol.